The van der Waals surface area contributed by atoms with E-state index < -0.39 is 0 Å². The molecule has 0 saturated carbocycles. The number of halogens is 1. The highest BCUT2D eigenvalue weighted by Crippen LogP contribution is 2.47. The molecule has 0 amide bonds. The summed E-state index contributed by atoms with van der Waals surface area (Å²) in [5, 5.41) is 4.06. The van der Waals surface area contributed by atoms with Crippen LogP contribution in [0.2, 0.25) is 0 Å². The standard InChI is InChI=1S/C28H27FN4O2S/c1-17-15-22(18(2)32(17)20-10-8-19(29)9-11-20)27-26(23-7-5-6-14-30-23)31-28(36)33(27)24-16-21(34-3)12-13-25(24)35-4/h5-16,26-27H,1-4H3,(H,31,36)/t26-,27-/m0/s1. The average Bonchev–Trinajstić information content (AvgIpc) is 3.39. The minimum atomic E-state index is -0.265. The lowest BCUT2D eigenvalue weighted by Crippen LogP contribution is -2.30. The first-order valence-corrected chi connectivity index (χ1v) is 12.0. The third kappa shape index (κ3) is 4.07. The highest BCUT2D eigenvalue weighted by atomic mass is 32.1. The molecular weight excluding hydrogens is 475 g/mol. The van der Waals surface area contributed by atoms with Gasteiger partial charge in [0, 0.05) is 29.3 Å². The van der Waals surface area contributed by atoms with Crippen molar-refractivity contribution in [2.45, 2.75) is 25.9 Å². The first kappa shape index (κ1) is 23.8. The Balaban J connectivity index is 1.71. The van der Waals surface area contributed by atoms with E-state index in [0.29, 0.717) is 16.6 Å². The highest BCUT2D eigenvalue weighted by molar-refractivity contribution is 7.80. The van der Waals surface area contributed by atoms with E-state index >= 15 is 0 Å². The first-order chi connectivity index (χ1) is 17.4. The van der Waals surface area contributed by atoms with Crippen molar-refractivity contribution >= 4 is 23.0 Å². The van der Waals surface area contributed by atoms with Gasteiger partial charge in [-0.15, -0.1) is 0 Å². The van der Waals surface area contributed by atoms with Gasteiger partial charge in [-0.1, -0.05) is 6.07 Å². The molecule has 2 atom stereocenters. The van der Waals surface area contributed by atoms with E-state index in [0.717, 1.165) is 34.0 Å². The molecule has 36 heavy (non-hydrogen) atoms. The maximum atomic E-state index is 13.6. The largest absolute Gasteiger partial charge is 0.497 e. The lowest BCUT2D eigenvalue weighted by atomic mass is 9.96. The Labute approximate surface area is 215 Å². The number of hydrogen-bond acceptors (Lipinski definition) is 4. The molecule has 2 aromatic carbocycles. The van der Waals surface area contributed by atoms with Gasteiger partial charge in [0.1, 0.15) is 17.3 Å². The summed E-state index contributed by atoms with van der Waals surface area (Å²) in [4.78, 5) is 6.73. The van der Waals surface area contributed by atoms with E-state index in [1.165, 1.54) is 12.1 Å². The Bertz CT molecular complexity index is 1410. The quantitative estimate of drug-likeness (QED) is 0.335. The fourth-order valence-corrected chi connectivity index (χ4v) is 5.33. The van der Waals surface area contributed by atoms with Crippen molar-refractivity contribution < 1.29 is 13.9 Å². The van der Waals surface area contributed by atoms with Crippen molar-refractivity contribution in [2.24, 2.45) is 0 Å². The number of anilines is 1. The second-order valence-electron chi connectivity index (χ2n) is 8.67. The van der Waals surface area contributed by atoms with Crippen molar-refractivity contribution in [1.82, 2.24) is 14.9 Å². The van der Waals surface area contributed by atoms with E-state index in [2.05, 4.69) is 32.8 Å². The summed E-state index contributed by atoms with van der Waals surface area (Å²) in [6.45, 7) is 4.12. The molecule has 0 spiro atoms. The summed E-state index contributed by atoms with van der Waals surface area (Å²) in [6, 6.07) is 19.8. The van der Waals surface area contributed by atoms with Crippen LogP contribution in [0.3, 0.4) is 0 Å². The fraction of sp³-hybridized carbons (Fsp3) is 0.214. The highest BCUT2D eigenvalue weighted by Gasteiger charge is 2.43. The summed E-state index contributed by atoms with van der Waals surface area (Å²) in [7, 11) is 3.28. The molecular formula is C28H27FN4O2S. The Morgan fingerprint density at radius 3 is 2.42 bits per heavy atom. The SMILES string of the molecule is COc1ccc(OC)c(N2C(=S)N[C@@H](c3ccccn3)[C@@H]2c2cc(C)n(-c3ccc(F)cc3)c2C)c1. The molecule has 5 rings (SSSR count). The summed E-state index contributed by atoms with van der Waals surface area (Å²) >= 11 is 5.90. The number of ether oxygens (including phenoxy) is 2. The summed E-state index contributed by atoms with van der Waals surface area (Å²) < 4.78 is 27.0. The molecule has 0 aliphatic carbocycles. The topological polar surface area (TPSA) is 51.6 Å². The number of methoxy groups -OCH3 is 2. The zero-order valence-electron chi connectivity index (χ0n) is 20.5. The van der Waals surface area contributed by atoms with Gasteiger partial charge in [0.2, 0.25) is 0 Å². The van der Waals surface area contributed by atoms with Crippen molar-refractivity contribution in [3.63, 3.8) is 0 Å². The van der Waals surface area contributed by atoms with E-state index in [-0.39, 0.29) is 17.9 Å². The van der Waals surface area contributed by atoms with Crippen molar-refractivity contribution in [1.29, 1.82) is 0 Å². The van der Waals surface area contributed by atoms with Gasteiger partial charge >= 0.3 is 0 Å². The lowest BCUT2D eigenvalue weighted by molar-refractivity contribution is 0.403. The van der Waals surface area contributed by atoms with Gasteiger partial charge in [-0.3, -0.25) is 4.98 Å². The van der Waals surface area contributed by atoms with Gasteiger partial charge in [0.25, 0.3) is 0 Å². The number of aromatic nitrogens is 2. The van der Waals surface area contributed by atoms with Gasteiger partial charge in [-0.25, -0.2) is 4.39 Å². The van der Waals surface area contributed by atoms with Crippen LogP contribution in [0.25, 0.3) is 5.69 Å². The van der Waals surface area contributed by atoms with E-state index in [9.17, 15) is 4.39 Å². The molecule has 0 unspecified atom stereocenters. The van der Waals surface area contributed by atoms with Gasteiger partial charge in [-0.05, 0) is 86.2 Å². The Kier molecular flexibility index (Phi) is 6.36. The lowest BCUT2D eigenvalue weighted by Gasteiger charge is -2.29. The molecule has 4 aromatic rings. The number of aryl methyl sites for hydroxylation is 1. The molecule has 1 aliphatic heterocycles. The van der Waals surface area contributed by atoms with Crippen molar-refractivity contribution in [2.75, 3.05) is 19.1 Å². The molecule has 0 bridgehead atoms. The smallest absolute Gasteiger partial charge is 0.174 e. The van der Waals surface area contributed by atoms with Crippen LogP contribution in [0.5, 0.6) is 11.5 Å². The zero-order valence-corrected chi connectivity index (χ0v) is 21.3. The van der Waals surface area contributed by atoms with Gasteiger partial charge in [0.05, 0.1) is 37.7 Å². The van der Waals surface area contributed by atoms with Crippen molar-refractivity contribution in [3.05, 3.63) is 101 Å². The zero-order chi connectivity index (χ0) is 25.4. The third-order valence-electron chi connectivity index (χ3n) is 6.62. The third-order valence-corrected chi connectivity index (χ3v) is 6.93. The molecule has 3 heterocycles. The molecule has 1 fully saturated rings. The van der Waals surface area contributed by atoms with E-state index in [4.69, 9.17) is 21.7 Å². The normalized spacial score (nSPS) is 17.2. The van der Waals surface area contributed by atoms with Crippen LogP contribution in [0.4, 0.5) is 10.1 Å². The molecule has 1 N–H and O–H groups in total. The van der Waals surface area contributed by atoms with Crippen molar-refractivity contribution in [3.8, 4) is 17.2 Å². The number of rotatable bonds is 6. The monoisotopic (exact) mass is 502 g/mol. The van der Waals surface area contributed by atoms with Crippen LogP contribution in [0, 0.1) is 19.7 Å². The van der Waals surface area contributed by atoms with Crippen LogP contribution < -0.4 is 19.7 Å². The molecule has 0 radical (unpaired) electrons. The fourth-order valence-electron chi connectivity index (χ4n) is 4.99. The first-order valence-electron chi connectivity index (χ1n) is 11.6. The van der Waals surface area contributed by atoms with Gasteiger partial charge < -0.3 is 24.3 Å². The number of thiocarbonyl (C=S) groups is 1. The number of benzene rings is 2. The summed E-state index contributed by atoms with van der Waals surface area (Å²) in [5.74, 6) is 1.11. The molecule has 6 nitrogen and oxygen atoms in total. The van der Waals surface area contributed by atoms with Crippen LogP contribution in [0.15, 0.2) is 72.9 Å². The van der Waals surface area contributed by atoms with Crippen LogP contribution in [0.1, 0.15) is 34.7 Å². The maximum Gasteiger partial charge on any atom is 0.174 e. The maximum absolute atomic E-state index is 13.6. The molecule has 8 heteroatoms. The van der Waals surface area contributed by atoms with Gasteiger partial charge in [0.15, 0.2) is 5.11 Å². The minimum Gasteiger partial charge on any atom is -0.497 e. The summed E-state index contributed by atoms with van der Waals surface area (Å²) in [6.07, 6.45) is 1.79. The van der Waals surface area contributed by atoms with Gasteiger partial charge in [-0.2, -0.15) is 0 Å². The van der Waals surface area contributed by atoms with E-state index in [1.807, 2.05) is 43.3 Å². The molecule has 184 valence electrons. The van der Waals surface area contributed by atoms with Crippen LogP contribution >= 0.6 is 12.2 Å². The second kappa shape index (κ2) is 9.62. The molecule has 1 aliphatic rings. The average molecular weight is 503 g/mol. The number of nitrogens with zero attached hydrogens (tertiary/aromatic N) is 3. The Hall–Kier alpha value is -3.91. The van der Waals surface area contributed by atoms with E-state index in [1.54, 1.807) is 32.5 Å². The van der Waals surface area contributed by atoms with Crippen LogP contribution in [-0.4, -0.2) is 28.9 Å². The van der Waals surface area contributed by atoms with Crippen LogP contribution in [-0.2, 0) is 0 Å². The summed E-state index contributed by atoms with van der Waals surface area (Å²) in [5.41, 5.74) is 5.70. The number of hydrogen-bond donors (Lipinski definition) is 1. The Morgan fingerprint density at radius 2 is 1.75 bits per heavy atom. The molecule has 1 saturated heterocycles. The molecule has 2 aromatic heterocycles. The number of pyridine rings is 1. The number of nitrogens with one attached hydrogen (secondary N) is 1. The Morgan fingerprint density at radius 1 is 0.972 bits per heavy atom. The minimum absolute atomic E-state index is 0.211. The second-order valence-corrected chi connectivity index (χ2v) is 9.06. The predicted molar refractivity (Wildman–Crippen MR) is 143 cm³/mol. The predicted octanol–water partition coefficient (Wildman–Crippen LogP) is 5.82.